The van der Waals surface area contributed by atoms with Crippen LogP contribution in [0.25, 0.3) is 0 Å². The fourth-order valence-electron chi connectivity index (χ4n) is 3.30. The highest BCUT2D eigenvalue weighted by Crippen LogP contribution is 2.33. The van der Waals surface area contributed by atoms with Gasteiger partial charge in [0.15, 0.2) is 0 Å². The molecule has 29 heavy (non-hydrogen) atoms. The van der Waals surface area contributed by atoms with Gasteiger partial charge in [-0.1, -0.05) is 7.43 Å². The number of benzene rings is 2. The SMILES string of the molecule is C.CN1C(=O)CCc2c1ccc(Br)c2F.CN1C(=O)CCc2cc(Br)c(F)cc21. The molecule has 156 valence electrons. The van der Waals surface area contributed by atoms with Crippen molar-refractivity contribution in [3.63, 3.8) is 0 Å². The summed E-state index contributed by atoms with van der Waals surface area (Å²) >= 11 is 6.26. The van der Waals surface area contributed by atoms with Gasteiger partial charge in [0.2, 0.25) is 11.8 Å². The Balaban J connectivity index is 0.000000200. The van der Waals surface area contributed by atoms with E-state index in [-0.39, 0.29) is 30.9 Å². The third-order valence-electron chi connectivity index (χ3n) is 4.96. The second-order valence-corrected chi connectivity index (χ2v) is 8.37. The van der Waals surface area contributed by atoms with E-state index in [0.29, 0.717) is 51.6 Å². The molecular formula is C21H22Br2F2N2O2. The minimum Gasteiger partial charge on any atom is -0.315 e. The number of hydrogen-bond acceptors (Lipinski definition) is 2. The number of anilines is 2. The van der Waals surface area contributed by atoms with Crippen LogP contribution in [-0.2, 0) is 22.4 Å². The van der Waals surface area contributed by atoms with Gasteiger partial charge < -0.3 is 9.80 Å². The predicted molar refractivity (Wildman–Crippen MR) is 118 cm³/mol. The van der Waals surface area contributed by atoms with E-state index in [1.807, 2.05) is 0 Å². The molecular weight excluding hydrogens is 510 g/mol. The van der Waals surface area contributed by atoms with Crippen LogP contribution in [0.15, 0.2) is 33.2 Å². The summed E-state index contributed by atoms with van der Waals surface area (Å²) in [7, 11) is 3.35. The number of nitrogens with zero attached hydrogens (tertiary/aromatic N) is 2. The predicted octanol–water partition coefficient (Wildman–Crippen LogP) is 5.63. The number of amides is 2. The van der Waals surface area contributed by atoms with Crippen LogP contribution in [0.2, 0.25) is 0 Å². The summed E-state index contributed by atoms with van der Waals surface area (Å²) < 4.78 is 27.7. The average Bonchev–Trinajstić information content (AvgIpc) is 2.67. The van der Waals surface area contributed by atoms with Crippen molar-refractivity contribution in [2.75, 3.05) is 23.9 Å². The summed E-state index contributed by atoms with van der Waals surface area (Å²) in [5, 5.41) is 0. The number of rotatable bonds is 0. The van der Waals surface area contributed by atoms with E-state index in [1.165, 1.54) is 15.9 Å². The van der Waals surface area contributed by atoms with E-state index in [1.54, 1.807) is 32.3 Å². The molecule has 2 aliphatic heterocycles. The van der Waals surface area contributed by atoms with Gasteiger partial charge in [0.1, 0.15) is 11.6 Å². The van der Waals surface area contributed by atoms with Crippen molar-refractivity contribution < 1.29 is 18.4 Å². The second kappa shape index (κ2) is 9.34. The van der Waals surface area contributed by atoms with Crippen molar-refractivity contribution in [1.82, 2.24) is 0 Å². The topological polar surface area (TPSA) is 40.6 Å². The summed E-state index contributed by atoms with van der Waals surface area (Å²) in [5.74, 6) is -0.495. The van der Waals surface area contributed by atoms with Crippen LogP contribution in [-0.4, -0.2) is 25.9 Å². The molecule has 0 N–H and O–H groups in total. The average molecular weight is 532 g/mol. The lowest BCUT2D eigenvalue weighted by Crippen LogP contribution is -2.31. The zero-order valence-corrected chi connectivity index (χ0v) is 18.5. The Bertz CT molecular complexity index is 954. The molecule has 0 aromatic heterocycles. The van der Waals surface area contributed by atoms with Crippen LogP contribution >= 0.6 is 31.9 Å². The van der Waals surface area contributed by atoms with Crippen molar-refractivity contribution >= 4 is 55.0 Å². The number of carbonyl (C=O) groups is 2. The maximum absolute atomic E-state index is 13.6. The minimum absolute atomic E-state index is 0. The van der Waals surface area contributed by atoms with Gasteiger partial charge in [-0.2, -0.15) is 0 Å². The van der Waals surface area contributed by atoms with E-state index in [0.717, 1.165) is 5.56 Å². The maximum atomic E-state index is 13.6. The van der Waals surface area contributed by atoms with Crippen molar-refractivity contribution in [2.45, 2.75) is 33.1 Å². The normalized spacial score (nSPS) is 15.1. The molecule has 0 saturated carbocycles. The van der Waals surface area contributed by atoms with Gasteiger partial charge >= 0.3 is 0 Å². The van der Waals surface area contributed by atoms with E-state index in [4.69, 9.17) is 0 Å². The molecule has 2 heterocycles. The Morgan fingerprint density at radius 1 is 0.828 bits per heavy atom. The first-order chi connectivity index (χ1) is 13.2. The zero-order valence-electron chi connectivity index (χ0n) is 15.4. The molecule has 2 aromatic carbocycles. The van der Waals surface area contributed by atoms with Gasteiger partial charge in [0.25, 0.3) is 0 Å². The first-order valence-corrected chi connectivity index (χ1v) is 10.3. The summed E-state index contributed by atoms with van der Waals surface area (Å²) in [4.78, 5) is 25.7. The molecule has 0 spiro atoms. The van der Waals surface area contributed by atoms with Gasteiger partial charge in [-0.3, -0.25) is 9.59 Å². The molecule has 2 amide bonds. The molecule has 8 heteroatoms. The van der Waals surface area contributed by atoms with Crippen LogP contribution in [0.4, 0.5) is 20.2 Å². The van der Waals surface area contributed by atoms with Crippen LogP contribution in [0.3, 0.4) is 0 Å². The van der Waals surface area contributed by atoms with Crippen molar-refractivity contribution in [1.29, 1.82) is 0 Å². The molecule has 4 nitrogen and oxygen atoms in total. The molecule has 0 saturated heterocycles. The minimum atomic E-state index is -0.328. The zero-order chi connectivity index (χ0) is 20.6. The summed E-state index contributed by atoms with van der Waals surface area (Å²) in [6, 6.07) is 6.53. The van der Waals surface area contributed by atoms with E-state index in [9.17, 15) is 18.4 Å². The standard InChI is InChI=1S/2C10H9BrFNO.CH4/c1-13-8-4-3-7(11)10(12)6(8)2-5-9(13)14;1-13-9-5-8(12)7(11)4-6(9)2-3-10(13)14;/h3-4H,2,5H2,1H3;4-5H,2-3H2,1H3;1H4. The van der Waals surface area contributed by atoms with Gasteiger partial charge in [-0.05, 0) is 74.5 Å². The van der Waals surface area contributed by atoms with Gasteiger partial charge in [0.05, 0.1) is 8.95 Å². The quantitative estimate of drug-likeness (QED) is 0.442. The van der Waals surface area contributed by atoms with Gasteiger partial charge in [-0.25, -0.2) is 8.78 Å². The largest absolute Gasteiger partial charge is 0.315 e. The molecule has 0 unspecified atom stereocenters. The fourth-order valence-corrected chi connectivity index (χ4v) is 4.06. The Morgan fingerprint density at radius 3 is 2.07 bits per heavy atom. The molecule has 0 bridgehead atoms. The van der Waals surface area contributed by atoms with Crippen molar-refractivity contribution in [3.05, 3.63) is 56.0 Å². The third-order valence-corrected chi connectivity index (χ3v) is 6.18. The van der Waals surface area contributed by atoms with E-state index in [2.05, 4.69) is 31.9 Å². The van der Waals surface area contributed by atoms with E-state index < -0.39 is 0 Å². The van der Waals surface area contributed by atoms with Crippen LogP contribution < -0.4 is 9.80 Å². The summed E-state index contributed by atoms with van der Waals surface area (Å²) in [6.07, 6.45) is 2.07. The second-order valence-electron chi connectivity index (χ2n) is 6.66. The highest BCUT2D eigenvalue weighted by Gasteiger charge is 2.24. The molecule has 2 aromatic rings. The number of carbonyl (C=O) groups excluding carboxylic acids is 2. The molecule has 0 radical (unpaired) electrons. The van der Waals surface area contributed by atoms with Gasteiger partial charge in [0, 0.05) is 43.9 Å². The highest BCUT2D eigenvalue weighted by atomic mass is 79.9. The Morgan fingerprint density at radius 2 is 1.41 bits per heavy atom. The maximum Gasteiger partial charge on any atom is 0.227 e. The first-order valence-electron chi connectivity index (χ1n) is 8.68. The van der Waals surface area contributed by atoms with Crippen LogP contribution in [0.1, 0.15) is 31.4 Å². The molecule has 0 atom stereocenters. The van der Waals surface area contributed by atoms with Crippen molar-refractivity contribution in [2.24, 2.45) is 0 Å². The summed E-state index contributed by atoms with van der Waals surface area (Å²) in [6.45, 7) is 0. The molecule has 2 aliphatic rings. The Hall–Kier alpha value is -1.80. The first kappa shape index (κ1) is 23.5. The number of aryl methyl sites for hydroxylation is 1. The molecule has 0 fully saturated rings. The van der Waals surface area contributed by atoms with Crippen LogP contribution in [0, 0.1) is 11.6 Å². The molecule has 0 aliphatic carbocycles. The number of hydrogen-bond donors (Lipinski definition) is 0. The lowest BCUT2D eigenvalue weighted by Gasteiger charge is -2.26. The Labute approximate surface area is 186 Å². The Kier molecular flexibility index (Phi) is 7.56. The number of fused-ring (bicyclic) bond motifs is 2. The third kappa shape index (κ3) is 4.69. The smallest absolute Gasteiger partial charge is 0.227 e. The lowest BCUT2D eigenvalue weighted by atomic mass is 10.0. The fraction of sp³-hybridized carbons (Fsp3) is 0.333. The van der Waals surface area contributed by atoms with Gasteiger partial charge in [-0.15, -0.1) is 0 Å². The van der Waals surface area contributed by atoms with Crippen molar-refractivity contribution in [3.8, 4) is 0 Å². The summed E-state index contributed by atoms with van der Waals surface area (Å²) in [5.41, 5.74) is 3.01. The highest BCUT2D eigenvalue weighted by molar-refractivity contribution is 9.10. The molecule has 4 rings (SSSR count). The van der Waals surface area contributed by atoms with E-state index >= 15 is 0 Å². The van der Waals surface area contributed by atoms with Crippen LogP contribution in [0.5, 0.6) is 0 Å². The number of halogens is 4. The lowest BCUT2D eigenvalue weighted by molar-refractivity contribution is -0.119. The monoisotopic (exact) mass is 530 g/mol.